The average Bonchev–Trinajstić information content (AvgIpc) is 3.42. The van der Waals surface area contributed by atoms with Gasteiger partial charge in [0.05, 0.1) is 0 Å². The molecule has 0 aliphatic rings. The molecule has 1 atom stereocenters. The van der Waals surface area contributed by atoms with Gasteiger partial charge in [0.2, 0.25) is 0 Å². The van der Waals surface area contributed by atoms with Gasteiger partial charge in [0.15, 0.2) is 6.10 Å². The molecule has 0 rings (SSSR count). The Morgan fingerprint density at radius 1 is 0.250 bits per heavy atom. The van der Waals surface area contributed by atoms with E-state index in [1.54, 1.807) is 0 Å². The molecular weight excluding hydrogens is 937 g/mol. The van der Waals surface area contributed by atoms with Crippen LogP contribution >= 0.6 is 0 Å². The van der Waals surface area contributed by atoms with E-state index >= 15 is 0 Å². The summed E-state index contributed by atoms with van der Waals surface area (Å²) < 4.78 is 16.9. The Morgan fingerprint density at radius 2 is 0.434 bits per heavy atom. The summed E-state index contributed by atoms with van der Waals surface area (Å²) in [5.74, 6) is -0.841. The number of unbranched alkanes of at least 4 members (excludes halogenated alkanes) is 49. The second-order valence-corrected chi connectivity index (χ2v) is 23.4. The topological polar surface area (TPSA) is 78.9 Å². The van der Waals surface area contributed by atoms with E-state index in [-0.39, 0.29) is 31.1 Å². The van der Waals surface area contributed by atoms with Gasteiger partial charge in [-0.15, -0.1) is 0 Å². The molecule has 0 amide bonds. The summed E-state index contributed by atoms with van der Waals surface area (Å²) in [6.07, 6.45) is 79.2. The van der Waals surface area contributed by atoms with Crippen LogP contribution in [0.3, 0.4) is 0 Å². The number of hydrogen-bond acceptors (Lipinski definition) is 6. The monoisotopic (exact) mass is 1070 g/mol. The second kappa shape index (κ2) is 65.4. The zero-order chi connectivity index (χ0) is 55.0. The molecule has 0 aromatic rings. The zero-order valence-electron chi connectivity index (χ0n) is 51.6. The zero-order valence-corrected chi connectivity index (χ0v) is 51.6. The van der Waals surface area contributed by atoms with Crippen LogP contribution in [-0.4, -0.2) is 37.2 Å². The molecule has 76 heavy (non-hydrogen) atoms. The van der Waals surface area contributed by atoms with Gasteiger partial charge in [-0.05, 0) is 70.6 Å². The first-order valence-corrected chi connectivity index (χ1v) is 34.3. The summed E-state index contributed by atoms with van der Waals surface area (Å²) in [4.78, 5) is 38.3. The van der Waals surface area contributed by atoms with E-state index in [4.69, 9.17) is 14.2 Å². The summed E-state index contributed by atoms with van der Waals surface area (Å²) in [6.45, 7) is 6.70. The van der Waals surface area contributed by atoms with E-state index in [0.29, 0.717) is 19.3 Å². The first-order valence-electron chi connectivity index (χ1n) is 34.3. The highest BCUT2D eigenvalue weighted by atomic mass is 16.6. The lowest BCUT2D eigenvalue weighted by atomic mass is 10.0. The molecule has 0 aromatic heterocycles. The lowest BCUT2D eigenvalue weighted by Gasteiger charge is -2.18. The largest absolute Gasteiger partial charge is 0.462 e. The third-order valence-corrected chi connectivity index (χ3v) is 15.7. The number of carbonyl (C=O) groups is 3. The highest BCUT2D eigenvalue weighted by Gasteiger charge is 2.19. The minimum atomic E-state index is -0.768. The van der Waals surface area contributed by atoms with E-state index < -0.39 is 6.10 Å². The number of carbonyl (C=O) groups excluding carboxylic acids is 3. The molecule has 0 saturated carbocycles. The van der Waals surface area contributed by atoms with Gasteiger partial charge < -0.3 is 14.2 Å². The molecule has 448 valence electrons. The summed E-state index contributed by atoms with van der Waals surface area (Å²) in [5, 5.41) is 0. The first kappa shape index (κ1) is 73.9. The van der Waals surface area contributed by atoms with Crippen molar-refractivity contribution in [1.82, 2.24) is 0 Å². The van der Waals surface area contributed by atoms with Crippen LogP contribution in [0, 0.1) is 0 Å². The molecule has 0 spiro atoms. The fraction of sp³-hybridized carbons (Fsp3) is 0.900. The van der Waals surface area contributed by atoms with Gasteiger partial charge in [-0.1, -0.05) is 321 Å². The SMILES string of the molecule is CCCCCCCCCC/C=C\CCCCCCCCCCCCCCCC(=O)OCC(COC(=O)CCCCCCCCCCCC)OC(=O)CCCCCCCCCCCCC/C=C\CCCCCCCCCC. The highest BCUT2D eigenvalue weighted by molar-refractivity contribution is 5.71. The van der Waals surface area contributed by atoms with Crippen LogP contribution in [0.1, 0.15) is 387 Å². The quantitative estimate of drug-likeness (QED) is 0.0261. The van der Waals surface area contributed by atoms with Crippen molar-refractivity contribution < 1.29 is 28.6 Å². The van der Waals surface area contributed by atoms with Crippen LogP contribution in [0.4, 0.5) is 0 Å². The fourth-order valence-electron chi connectivity index (χ4n) is 10.5. The standard InChI is InChI=1S/C70H132O6/c1-4-7-10-13-16-19-22-24-26-28-30-32-34-35-37-38-40-42-44-46-48-51-54-57-60-63-69(72)75-66-67(65-74-68(71)62-59-56-53-50-21-18-15-12-9-6-3)76-70(73)64-61-58-55-52-49-47-45-43-41-39-36-33-31-29-27-25-23-20-17-14-11-8-5-2/h28-31,67H,4-27,32-66H2,1-3H3/b30-28-,31-29-. The summed E-state index contributed by atoms with van der Waals surface area (Å²) in [6, 6.07) is 0. The van der Waals surface area contributed by atoms with Gasteiger partial charge in [-0.3, -0.25) is 14.4 Å². The van der Waals surface area contributed by atoms with Crippen molar-refractivity contribution in [3.63, 3.8) is 0 Å². The van der Waals surface area contributed by atoms with Gasteiger partial charge in [-0.25, -0.2) is 0 Å². The van der Waals surface area contributed by atoms with Crippen LogP contribution in [-0.2, 0) is 28.6 Å². The lowest BCUT2D eigenvalue weighted by molar-refractivity contribution is -0.167. The maximum Gasteiger partial charge on any atom is 0.306 e. The van der Waals surface area contributed by atoms with Gasteiger partial charge in [0, 0.05) is 19.3 Å². The Morgan fingerprint density at radius 3 is 0.658 bits per heavy atom. The first-order chi connectivity index (χ1) is 37.5. The summed E-state index contributed by atoms with van der Waals surface area (Å²) in [5.41, 5.74) is 0. The Balaban J connectivity index is 4.16. The van der Waals surface area contributed by atoms with Crippen LogP contribution in [0.5, 0.6) is 0 Å². The Hall–Kier alpha value is -2.11. The van der Waals surface area contributed by atoms with Crippen molar-refractivity contribution in [2.45, 2.75) is 393 Å². The van der Waals surface area contributed by atoms with Crippen LogP contribution in [0.2, 0.25) is 0 Å². The minimum Gasteiger partial charge on any atom is -0.462 e. The van der Waals surface area contributed by atoms with Gasteiger partial charge in [0.25, 0.3) is 0 Å². The predicted molar refractivity (Wildman–Crippen MR) is 330 cm³/mol. The van der Waals surface area contributed by atoms with E-state index in [0.717, 1.165) is 57.8 Å². The van der Waals surface area contributed by atoms with Crippen LogP contribution < -0.4 is 0 Å². The minimum absolute atomic E-state index is 0.0661. The Bertz CT molecular complexity index is 1230. The van der Waals surface area contributed by atoms with Crippen molar-refractivity contribution >= 4 is 17.9 Å². The van der Waals surface area contributed by atoms with Crippen molar-refractivity contribution in [1.29, 1.82) is 0 Å². The van der Waals surface area contributed by atoms with E-state index in [1.165, 1.54) is 289 Å². The van der Waals surface area contributed by atoms with Gasteiger partial charge in [-0.2, -0.15) is 0 Å². The molecule has 6 heteroatoms. The van der Waals surface area contributed by atoms with E-state index in [2.05, 4.69) is 45.1 Å². The maximum absolute atomic E-state index is 12.9. The van der Waals surface area contributed by atoms with Crippen molar-refractivity contribution in [2.24, 2.45) is 0 Å². The Labute approximate surface area is 474 Å². The lowest BCUT2D eigenvalue weighted by Crippen LogP contribution is -2.30. The van der Waals surface area contributed by atoms with Gasteiger partial charge >= 0.3 is 17.9 Å². The molecule has 0 aromatic carbocycles. The number of allylic oxidation sites excluding steroid dienone is 4. The second-order valence-electron chi connectivity index (χ2n) is 23.4. The third kappa shape index (κ3) is 62.7. The molecule has 0 N–H and O–H groups in total. The van der Waals surface area contributed by atoms with Gasteiger partial charge in [0.1, 0.15) is 13.2 Å². The van der Waals surface area contributed by atoms with Crippen molar-refractivity contribution in [2.75, 3.05) is 13.2 Å². The maximum atomic E-state index is 12.9. The number of esters is 3. The Kier molecular flexibility index (Phi) is 63.6. The normalized spacial score (nSPS) is 12.1. The molecule has 0 aliphatic heterocycles. The summed E-state index contributed by atoms with van der Waals surface area (Å²) >= 11 is 0. The smallest absolute Gasteiger partial charge is 0.306 e. The van der Waals surface area contributed by atoms with Crippen molar-refractivity contribution in [3.8, 4) is 0 Å². The molecule has 0 bridgehead atoms. The predicted octanol–water partition coefficient (Wildman–Crippen LogP) is 23.4. The molecule has 6 nitrogen and oxygen atoms in total. The number of ether oxygens (including phenoxy) is 3. The van der Waals surface area contributed by atoms with Crippen molar-refractivity contribution in [3.05, 3.63) is 24.3 Å². The molecular formula is C70H132O6. The molecule has 0 fully saturated rings. The third-order valence-electron chi connectivity index (χ3n) is 15.7. The molecule has 0 radical (unpaired) electrons. The molecule has 0 saturated heterocycles. The summed E-state index contributed by atoms with van der Waals surface area (Å²) in [7, 11) is 0. The van der Waals surface area contributed by atoms with E-state index in [9.17, 15) is 14.4 Å². The number of hydrogen-bond donors (Lipinski definition) is 0. The highest BCUT2D eigenvalue weighted by Crippen LogP contribution is 2.18. The molecule has 1 unspecified atom stereocenters. The van der Waals surface area contributed by atoms with Crippen LogP contribution in [0.25, 0.3) is 0 Å². The number of rotatable bonds is 64. The van der Waals surface area contributed by atoms with E-state index in [1.807, 2.05) is 0 Å². The molecule has 0 heterocycles. The fourth-order valence-corrected chi connectivity index (χ4v) is 10.5. The molecule has 0 aliphatic carbocycles. The average molecular weight is 1070 g/mol. The van der Waals surface area contributed by atoms with Crippen LogP contribution in [0.15, 0.2) is 24.3 Å².